The van der Waals surface area contributed by atoms with Crippen LogP contribution in [0.1, 0.15) is 17.8 Å². The molecule has 27 heavy (non-hydrogen) atoms. The highest BCUT2D eigenvalue weighted by molar-refractivity contribution is 6.05. The Balaban J connectivity index is 1.47. The highest BCUT2D eigenvalue weighted by Gasteiger charge is 2.28. The third-order valence-electron chi connectivity index (χ3n) is 5.19. The molecule has 1 unspecified atom stereocenters. The molecular weight excluding hydrogens is 342 g/mol. The van der Waals surface area contributed by atoms with Gasteiger partial charge in [0.1, 0.15) is 11.5 Å². The number of fused-ring (bicyclic) bond motifs is 2. The fourth-order valence-electron chi connectivity index (χ4n) is 3.78. The molecule has 1 aliphatic rings. The van der Waals surface area contributed by atoms with Crippen molar-refractivity contribution in [2.75, 3.05) is 5.32 Å². The summed E-state index contributed by atoms with van der Waals surface area (Å²) in [4.78, 5) is 20.3. The molecule has 1 atom stereocenters. The van der Waals surface area contributed by atoms with Crippen LogP contribution in [0.5, 0.6) is 0 Å². The third kappa shape index (κ3) is 2.61. The predicted molar refractivity (Wildman–Crippen MR) is 101 cm³/mol. The molecule has 8 heteroatoms. The van der Waals surface area contributed by atoms with Crippen LogP contribution in [0.15, 0.2) is 36.7 Å². The number of hydrogen-bond acceptors (Lipinski definition) is 4. The summed E-state index contributed by atoms with van der Waals surface area (Å²) >= 11 is 0. The van der Waals surface area contributed by atoms with Gasteiger partial charge in [0, 0.05) is 30.6 Å². The molecule has 3 N–H and O–H groups in total. The molecule has 3 heterocycles. The molecule has 5 rings (SSSR count). The van der Waals surface area contributed by atoms with Gasteiger partial charge in [0.15, 0.2) is 5.65 Å². The number of aromatic amines is 2. The lowest BCUT2D eigenvalue weighted by atomic mass is 9.89. The standard InChI is InChI=1S/C19H19N7O/c1-26-18-15(16(25-26)11-5-3-2-4-6-11)17(23-24-18)22-19(27)12-7-8-13-14(9-12)21-10-20-13/h2-6,10,12H,7-9H2,1H3,(H,20,21)(H2,22,23,24,27). The number of amides is 1. The average Bonchev–Trinajstić information content (AvgIpc) is 3.39. The summed E-state index contributed by atoms with van der Waals surface area (Å²) in [5.74, 6) is 0.495. The van der Waals surface area contributed by atoms with Crippen LogP contribution in [-0.2, 0) is 24.7 Å². The van der Waals surface area contributed by atoms with E-state index in [0.29, 0.717) is 17.9 Å². The highest BCUT2D eigenvalue weighted by Crippen LogP contribution is 2.32. The van der Waals surface area contributed by atoms with E-state index >= 15 is 0 Å². The van der Waals surface area contributed by atoms with E-state index in [9.17, 15) is 4.79 Å². The van der Waals surface area contributed by atoms with Crippen molar-refractivity contribution in [3.05, 3.63) is 48.0 Å². The Hall–Kier alpha value is -3.42. The number of imidazole rings is 1. The second-order valence-corrected chi connectivity index (χ2v) is 6.89. The van der Waals surface area contributed by atoms with E-state index in [-0.39, 0.29) is 11.8 Å². The smallest absolute Gasteiger partial charge is 0.229 e. The topological polar surface area (TPSA) is 104 Å². The first-order valence-electron chi connectivity index (χ1n) is 8.99. The average molecular weight is 361 g/mol. The van der Waals surface area contributed by atoms with Gasteiger partial charge in [-0.2, -0.15) is 10.2 Å². The van der Waals surface area contributed by atoms with Crippen molar-refractivity contribution in [1.29, 1.82) is 0 Å². The van der Waals surface area contributed by atoms with E-state index in [4.69, 9.17) is 0 Å². The normalized spacial score (nSPS) is 16.4. The number of carbonyl (C=O) groups excluding carboxylic acids is 1. The molecule has 1 aliphatic carbocycles. The Morgan fingerprint density at radius 2 is 2.15 bits per heavy atom. The van der Waals surface area contributed by atoms with Crippen molar-refractivity contribution in [2.24, 2.45) is 13.0 Å². The first kappa shape index (κ1) is 15.8. The molecule has 8 nitrogen and oxygen atoms in total. The minimum Gasteiger partial charge on any atom is -0.348 e. The van der Waals surface area contributed by atoms with Gasteiger partial charge in [0.05, 0.1) is 17.4 Å². The van der Waals surface area contributed by atoms with Crippen LogP contribution in [0.4, 0.5) is 5.82 Å². The van der Waals surface area contributed by atoms with Crippen LogP contribution in [0.2, 0.25) is 0 Å². The third-order valence-corrected chi connectivity index (χ3v) is 5.19. The molecule has 0 aliphatic heterocycles. The Labute approximate surface area is 155 Å². The first-order chi connectivity index (χ1) is 13.2. The summed E-state index contributed by atoms with van der Waals surface area (Å²) in [6, 6.07) is 9.91. The van der Waals surface area contributed by atoms with Crippen LogP contribution in [0.25, 0.3) is 22.3 Å². The summed E-state index contributed by atoms with van der Waals surface area (Å²) in [7, 11) is 1.85. The number of rotatable bonds is 3. The van der Waals surface area contributed by atoms with Crippen molar-refractivity contribution in [3.63, 3.8) is 0 Å². The van der Waals surface area contributed by atoms with Gasteiger partial charge < -0.3 is 10.3 Å². The van der Waals surface area contributed by atoms with Crippen LogP contribution in [0, 0.1) is 5.92 Å². The Morgan fingerprint density at radius 1 is 1.30 bits per heavy atom. The van der Waals surface area contributed by atoms with E-state index in [1.165, 1.54) is 0 Å². The number of aryl methyl sites for hydroxylation is 2. The fourth-order valence-corrected chi connectivity index (χ4v) is 3.78. The minimum atomic E-state index is -0.0897. The molecule has 0 saturated carbocycles. The molecule has 1 amide bonds. The maximum atomic E-state index is 12.9. The zero-order valence-electron chi connectivity index (χ0n) is 14.9. The summed E-state index contributed by atoms with van der Waals surface area (Å²) < 4.78 is 1.72. The number of H-pyrrole nitrogens is 2. The number of nitrogens with zero attached hydrogens (tertiary/aromatic N) is 4. The summed E-state index contributed by atoms with van der Waals surface area (Å²) in [5.41, 5.74) is 4.63. The second-order valence-electron chi connectivity index (χ2n) is 6.89. The van der Waals surface area contributed by atoms with Gasteiger partial charge in [-0.15, -0.1) is 0 Å². The van der Waals surface area contributed by atoms with Gasteiger partial charge in [-0.3, -0.25) is 9.89 Å². The Morgan fingerprint density at radius 3 is 3.00 bits per heavy atom. The second kappa shape index (κ2) is 6.08. The summed E-state index contributed by atoms with van der Waals surface area (Å²) in [6.45, 7) is 0. The van der Waals surface area contributed by atoms with Crippen molar-refractivity contribution in [2.45, 2.75) is 19.3 Å². The van der Waals surface area contributed by atoms with Crippen molar-refractivity contribution in [3.8, 4) is 11.3 Å². The number of aromatic nitrogens is 6. The van der Waals surface area contributed by atoms with Crippen LogP contribution in [-0.4, -0.2) is 35.9 Å². The maximum Gasteiger partial charge on any atom is 0.229 e. The van der Waals surface area contributed by atoms with Crippen molar-refractivity contribution >= 4 is 22.8 Å². The molecule has 0 bridgehead atoms. The molecule has 0 fully saturated rings. The molecule has 0 spiro atoms. The van der Waals surface area contributed by atoms with E-state index in [1.54, 1.807) is 11.0 Å². The first-order valence-corrected chi connectivity index (χ1v) is 8.99. The summed E-state index contributed by atoms with van der Waals surface area (Å²) in [5, 5.41) is 15.8. The number of benzene rings is 1. The van der Waals surface area contributed by atoms with E-state index in [1.807, 2.05) is 37.4 Å². The molecular formula is C19H19N7O. The Kier molecular flexibility index (Phi) is 3.56. The number of anilines is 1. The summed E-state index contributed by atoms with van der Waals surface area (Å²) in [6.07, 6.45) is 3.99. The van der Waals surface area contributed by atoms with E-state index < -0.39 is 0 Å². The van der Waals surface area contributed by atoms with Gasteiger partial charge in [0.25, 0.3) is 0 Å². The maximum absolute atomic E-state index is 12.9. The van der Waals surface area contributed by atoms with Gasteiger partial charge in [-0.25, -0.2) is 9.67 Å². The monoisotopic (exact) mass is 361 g/mol. The Bertz CT molecular complexity index is 1120. The van der Waals surface area contributed by atoms with Crippen molar-refractivity contribution in [1.82, 2.24) is 29.9 Å². The van der Waals surface area contributed by atoms with Crippen molar-refractivity contribution < 1.29 is 4.79 Å². The predicted octanol–water partition coefficient (Wildman–Crippen LogP) is 2.43. The highest BCUT2D eigenvalue weighted by atomic mass is 16.2. The van der Waals surface area contributed by atoms with Gasteiger partial charge in [-0.1, -0.05) is 30.3 Å². The largest absolute Gasteiger partial charge is 0.348 e. The molecule has 0 saturated heterocycles. The van der Waals surface area contributed by atoms with E-state index in [0.717, 1.165) is 40.9 Å². The van der Waals surface area contributed by atoms with Crippen LogP contribution < -0.4 is 5.32 Å². The van der Waals surface area contributed by atoms with Gasteiger partial charge in [-0.05, 0) is 12.8 Å². The SMILES string of the molecule is Cn1nc(-c2ccccc2)c2c(NC(=O)C3CCc4nc[nH]c4C3)[nH]nc21. The van der Waals surface area contributed by atoms with Crippen LogP contribution in [0.3, 0.4) is 0 Å². The van der Waals surface area contributed by atoms with Gasteiger partial charge in [0.2, 0.25) is 5.91 Å². The van der Waals surface area contributed by atoms with E-state index in [2.05, 4.69) is 30.6 Å². The molecule has 136 valence electrons. The lowest BCUT2D eigenvalue weighted by Crippen LogP contribution is -2.28. The zero-order chi connectivity index (χ0) is 18.4. The molecule has 1 aromatic carbocycles. The lowest BCUT2D eigenvalue weighted by Gasteiger charge is -2.20. The molecule has 0 radical (unpaired) electrons. The molecule has 3 aromatic heterocycles. The number of nitrogens with one attached hydrogen (secondary N) is 3. The minimum absolute atomic E-state index is 0.0105. The number of carbonyl (C=O) groups is 1. The fraction of sp³-hybridized carbons (Fsp3) is 0.263. The van der Waals surface area contributed by atoms with Crippen LogP contribution >= 0.6 is 0 Å². The number of hydrogen-bond donors (Lipinski definition) is 3. The zero-order valence-corrected chi connectivity index (χ0v) is 14.9. The van der Waals surface area contributed by atoms with Gasteiger partial charge >= 0.3 is 0 Å². The lowest BCUT2D eigenvalue weighted by molar-refractivity contribution is -0.120. The quantitative estimate of drug-likeness (QED) is 0.521. The molecule has 4 aromatic rings.